The molecule has 1 unspecified atom stereocenters. The van der Waals surface area contributed by atoms with Gasteiger partial charge in [-0.1, -0.05) is 0 Å². The predicted octanol–water partition coefficient (Wildman–Crippen LogP) is -2.08. The minimum absolute atomic E-state index is 0.0288. The summed E-state index contributed by atoms with van der Waals surface area (Å²) in [5, 5.41) is 5.73. The number of nitrogens with one attached hydrogen (secondary N) is 2. The van der Waals surface area contributed by atoms with Crippen molar-refractivity contribution in [2.45, 2.75) is 6.04 Å². The molecule has 2 aliphatic heterocycles. The third-order valence-corrected chi connectivity index (χ3v) is 2.27. The number of fused-ring (bicyclic) bond motifs is 1. The minimum Gasteiger partial charge on any atom is -0.352 e. The van der Waals surface area contributed by atoms with Crippen LogP contribution in [0.4, 0.5) is 0 Å². The molecule has 0 aromatic heterocycles. The lowest BCUT2D eigenvalue weighted by Crippen LogP contribution is -2.64. The van der Waals surface area contributed by atoms with Gasteiger partial charge in [0, 0.05) is 13.1 Å². The molecule has 0 aliphatic carbocycles. The molecular formula is C7H11N3O2. The van der Waals surface area contributed by atoms with Crippen molar-refractivity contribution < 1.29 is 9.59 Å². The van der Waals surface area contributed by atoms with Gasteiger partial charge in [-0.15, -0.1) is 0 Å². The van der Waals surface area contributed by atoms with E-state index < -0.39 is 0 Å². The van der Waals surface area contributed by atoms with Crippen molar-refractivity contribution >= 4 is 11.8 Å². The summed E-state index contributed by atoms with van der Waals surface area (Å²) < 4.78 is 0. The van der Waals surface area contributed by atoms with E-state index in [4.69, 9.17) is 0 Å². The molecule has 2 N–H and O–H groups in total. The van der Waals surface area contributed by atoms with Crippen LogP contribution >= 0.6 is 0 Å². The second-order valence-corrected chi connectivity index (χ2v) is 3.11. The average Bonchev–Trinajstić information content (AvgIpc) is 2.07. The van der Waals surface area contributed by atoms with Crippen LogP contribution in [0.5, 0.6) is 0 Å². The zero-order valence-electron chi connectivity index (χ0n) is 6.67. The zero-order valence-corrected chi connectivity index (χ0v) is 6.67. The number of carbonyl (C=O) groups is 2. The van der Waals surface area contributed by atoms with Gasteiger partial charge in [0.05, 0.1) is 19.1 Å². The van der Waals surface area contributed by atoms with Crippen molar-refractivity contribution in [3.63, 3.8) is 0 Å². The minimum atomic E-state index is -0.0542. The summed E-state index contributed by atoms with van der Waals surface area (Å²) in [6, 6.07) is 0.156. The highest BCUT2D eigenvalue weighted by Crippen LogP contribution is 2.06. The molecule has 66 valence electrons. The van der Waals surface area contributed by atoms with Crippen LogP contribution in [-0.4, -0.2) is 48.9 Å². The Morgan fingerprint density at radius 2 is 2.17 bits per heavy atom. The lowest BCUT2D eigenvalue weighted by Gasteiger charge is -2.38. The molecule has 5 heteroatoms. The maximum absolute atomic E-state index is 11.3. The molecule has 12 heavy (non-hydrogen) atoms. The SMILES string of the molecule is O=C1CN2C(=O)CNCC2CN1. The summed E-state index contributed by atoms with van der Waals surface area (Å²) in [6.45, 7) is 1.96. The first-order valence-electron chi connectivity index (χ1n) is 4.04. The fourth-order valence-electron chi connectivity index (χ4n) is 1.60. The molecule has 2 aliphatic rings. The first-order chi connectivity index (χ1) is 5.77. The van der Waals surface area contributed by atoms with E-state index in [0.29, 0.717) is 13.1 Å². The number of hydrogen-bond acceptors (Lipinski definition) is 3. The Kier molecular flexibility index (Phi) is 1.73. The Labute approximate surface area is 70.1 Å². The predicted molar refractivity (Wildman–Crippen MR) is 41.4 cm³/mol. The lowest BCUT2D eigenvalue weighted by atomic mass is 10.1. The first kappa shape index (κ1) is 7.54. The van der Waals surface area contributed by atoms with Crippen molar-refractivity contribution in [3.05, 3.63) is 0 Å². The number of amides is 2. The molecule has 2 rings (SSSR count). The van der Waals surface area contributed by atoms with Gasteiger partial charge in [0.1, 0.15) is 0 Å². The van der Waals surface area contributed by atoms with Crippen LogP contribution in [0.25, 0.3) is 0 Å². The number of carbonyl (C=O) groups excluding carboxylic acids is 2. The van der Waals surface area contributed by atoms with Gasteiger partial charge in [0.2, 0.25) is 11.8 Å². The smallest absolute Gasteiger partial charge is 0.239 e. The maximum atomic E-state index is 11.3. The Hall–Kier alpha value is -1.10. The van der Waals surface area contributed by atoms with E-state index in [1.54, 1.807) is 4.90 Å². The summed E-state index contributed by atoms with van der Waals surface area (Å²) >= 11 is 0. The monoisotopic (exact) mass is 169 g/mol. The van der Waals surface area contributed by atoms with E-state index in [0.717, 1.165) is 6.54 Å². The van der Waals surface area contributed by atoms with Gasteiger partial charge < -0.3 is 15.5 Å². The molecule has 0 spiro atoms. The Morgan fingerprint density at radius 3 is 3.00 bits per heavy atom. The molecule has 2 fully saturated rings. The topological polar surface area (TPSA) is 61.4 Å². The van der Waals surface area contributed by atoms with Crippen molar-refractivity contribution in [1.82, 2.24) is 15.5 Å². The van der Waals surface area contributed by atoms with Crippen LogP contribution in [0.2, 0.25) is 0 Å². The van der Waals surface area contributed by atoms with Gasteiger partial charge in [-0.25, -0.2) is 0 Å². The molecule has 0 saturated carbocycles. The Morgan fingerprint density at radius 1 is 1.33 bits per heavy atom. The molecule has 0 radical (unpaired) electrons. The van der Waals surface area contributed by atoms with Gasteiger partial charge in [-0.05, 0) is 0 Å². The Balaban J connectivity index is 2.10. The van der Waals surface area contributed by atoms with E-state index in [2.05, 4.69) is 10.6 Å². The molecular weight excluding hydrogens is 158 g/mol. The van der Waals surface area contributed by atoms with Crippen molar-refractivity contribution in [2.75, 3.05) is 26.2 Å². The molecule has 0 aromatic carbocycles. The third kappa shape index (κ3) is 1.16. The quantitative estimate of drug-likeness (QED) is 0.437. The molecule has 5 nitrogen and oxygen atoms in total. The molecule has 2 heterocycles. The van der Waals surface area contributed by atoms with Crippen LogP contribution in [0.15, 0.2) is 0 Å². The van der Waals surface area contributed by atoms with Crippen molar-refractivity contribution in [2.24, 2.45) is 0 Å². The van der Waals surface area contributed by atoms with Gasteiger partial charge in [0.15, 0.2) is 0 Å². The van der Waals surface area contributed by atoms with Gasteiger partial charge in [0.25, 0.3) is 0 Å². The summed E-state index contributed by atoms with van der Waals surface area (Å²) in [5.41, 5.74) is 0. The van der Waals surface area contributed by atoms with E-state index in [-0.39, 0.29) is 24.4 Å². The van der Waals surface area contributed by atoms with Crippen LogP contribution in [-0.2, 0) is 9.59 Å². The van der Waals surface area contributed by atoms with E-state index >= 15 is 0 Å². The first-order valence-corrected chi connectivity index (χ1v) is 4.04. The van der Waals surface area contributed by atoms with Crippen LogP contribution < -0.4 is 10.6 Å². The van der Waals surface area contributed by atoms with Crippen LogP contribution in [0.3, 0.4) is 0 Å². The summed E-state index contributed by atoms with van der Waals surface area (Å²) in [5.74, 6) is -0.0254. The number of rotatable bonds is 0. The second-order valence-electron chi connectivity index (χ2n) is 3.11. The zero-order chi connectivity index (χ0) is 8.55. The van der Waals surface area contributed by atoms with E-state index in [1.807, 2.05) is 0 Å². The summed E-state index contributed by atoms with van der Waals surface area (Å²) in [4.78, 5) is 23.8. The normalized spacial score (nSPS) is 29.7. The van der Waals surface area contributed by atoms with E-state index in [1.165, 1.54) is 0 Å². The highest BCUT2D eigenvalue weighted by atomic mass is 16.2. The summed E-state index contributed by atoms with van der Waals surface area (Å²) in [7, 11) is 0. The van der Waals surface area contributed by atoms with Crippen molar-refractivity contribution in [1.29, 1.82) is 0 Å². The number of nitrogens with zero attached hydrogens (tertiary/aromatic N) is 1. The third-order valence-electron chi connectivity index (χ3n) is 2.27. The van der Waals surface area contributed by atoms with E-state index in [9.17, 15) is 9.59 Å². The second kappa shape index (κ2) is 2.75. The fourth-order valence-corrected chi connectivity index (χ4v) is 1.60. The highest BCUT2D eigenvalue weighted by Gasteiger charge is 2.32. The maximum Gasteiger partial charge on any atom is 0.239 e. The van der Waals surface area contributed by atoms with Crippen LogP contribution in [0, 0.1) is 0 Å². The Bertz CT molecular complexity index is 229. The summed E-state index contributed by atoms with van der Waals surface area (Å²) in [6.07, 6.45) is 0. The van der Waals surface area contributed by atoms with Gasteiger partial charge in [-0.2, -0.15) is 0 Å². The molecule has 0 aromatic rings. The fraction of sp³-hybridized carbons (Fsp3) is 0.714. The van der Waals surface area contributed by atoms with Gasteiger partial charge in [-0.3, -0.25) is 9.59 Å². The molecule has 0 bridgehead atoms. The van der Waals surface area contributed by atoms with Crippen LogP contribution in [0.1, 0.15) is 0 Å². The number of hydrogen-bond donors (Lipinski definition) is 2. The highest BCUT2D eigenvalue weighted by molar-refractivity contribution is 5.87. The molecule has 2 saturated heterocycles. The lowest BCUT2D eigenvalue weighted by molar-refractivity contribution is -0.142. The largest absolute Gasteiger partial charge is 0.352 e. The standard InChI is InChI=1S/C7H11N3O2/c11-6-4-10-5(2-9-6)1-8-3-7(10)12/h5,8H,1-4H2,(H,9,11). The number of piperazine rings is 2. The molecule has 2 amide bonds. The van der Waals surface area contributed by atoms with Gasteiger partial charge >= 0.3 is 0 Å². The average molecular weight is 169 g/mol. The molecule has 1 atom stereocenters. The van der Waals surface area contributed by atoms with Crippen molar-refractivity contribution in [3.8, 4) is 0 Å².